The van der Waals surface area contributed by atoms with Crippen molar-refractivity contribution in [2.45, 2.75) is 6.54 Å². The second kappa shape index (κ2) is 4.38. The fourth-order valence-electron chi connectivity index (χ4n) is 1.37. The molecule has 0 radical (unpaired) electrons. The highest BCUT2D eigenvalue weighted by atomic mass is 32.1. The van der Waals surface area contributed by atoms with Crippen LogP contribution in [-0.4, -0.2) is 20.6 Å². The van der Waals surface area contributed by atoms with E-state index in [0.29, 0.717) is 0 Å². The second-order valence-electron chi connectivity index (χ2n) is 3.28. The van der Waals surface area contributed by atoms with Crippen molar-refractivity contribution in [3.8, 4) is 0 Å². The van der Waals surface area contributed by atoms with Crippen molar-refractivity contribution in [1.29, 1.82) is 0 Å². The lowest BCUT2D eigenvalue weighted by molar-refractivity contribution is 0.0693. The zero-order valence-corrected chi connectivity index (χ0v) is 9.36. The van der Waals surface area contributed by atoms with Gasteiger partial charge in [-0.25, -0.2) is 9.59 Å². The highest BCUT2D eigenvalue weighted by molar-refractivity contribution is 7.09. The van der Waals surface area contributed by atoms with E-state index in [1.54, 1.807) is 12.1 Å². The third-order valence-electron chi connectivity index (χ3n) is 2.19. The summed E-state index contributed by atoms with van der Waals surface area (Å²) in [4.78, 5) is 37.0. The molecule has 0 bridgehead atoms. The molecule has 0 saturated heterocycles. The topological polar surface area (TPSA) is 92.2 Å². The summed E-state index contributed by atoms with van der Waals surface area (Å²) in [5, 5.41) is 10.6. The lowest BCUT2D eigenvalue weighted by atomic mass is 10.3. The minimum atomic E-state index is -1.36. The minimum Gasteiger partial charge on any atom is -0.477 e. The maximum Gasteiger partial charge on any atom is 0.342 e. The van der Waals surface area contributed by atoms with Gasteiger partial charge in [-0.3, -0.25) is 9.36 Å². The number of hydrogen-bond donors (Lipinski definition) is 2. The summed E-state index contributed by atoms with van der Waals surface area (Å²) in [6, 6.07) is 3.56. The van der Waals surface area contributed by atoms with Crippen LogP contribution in [0.5, 0.6) is 0 Å². The van der Waals surface area contributed by atoms with Gasteiger partial charge < -0.3 is 10.1 Å². The van der Waals surface area contributed by atoms with Crippen molar-refractivity contribution in [3.05, 3.63) is 55.0 Å². The molecule has 2 N–H and O–H groups in total. The van der Waals surface area contributed by atoms with Crippen molar-refractivity contribution in [3.63, 3.8) is 0 Å². The summed E-state index contributed by atoms with van der Waals surface area (Å²) < 4.78 is 0.870. The van der Waals surface area contributed by atoms with E-state index in [2.05, 4.69) is 4.98 Å². The molecule has 0 aromatic carbocycles. The summed E-state index contributed by atoms with van der Waals surface area (Å²) in [6.45, 7) is 0.0763. The summed E-state index contributed by atoms with van der Waals surface area (Å²) >= 11 is 1.39. The van der Waals surface area contributed by atoms with Crippen LogP contribution in [0.2, 0.25) is 0 Å². The molecular weight excluding hydrogens is 244 g/mol. The Bertz CT molecular complexity index is 654. The Balaban J connectivity index is 2.53. The maximum atomic E-state index is 11.7. The van der Waals surface area contributed by atoms with Crippen molar-refractivity contribution in [2.75, 3.05) is 0 Å². The van der Waals surface area contributed by atoms with E-state index in [1.165, 1.54) is 11.3 Å². The van der Waals surface area contributed by atoms with Crippen LogP contribution in [-0.2, 0) is 6.54 Å². The van der Waals surface area contributed by atoms with Crippen LogP contribution < -0.4 is 11.2 Å². The molecule has 2 aromatic heterocycles. The van der Waals surface area contributed by atoms with Gasteiger partial charge in [0.15, 0.2) is 0 Å². The Morgan fingerprint density at radius 2 is 2.24 bits per heavy atom. The van der Waals surface area contributed by atoms with E-state index in [4.69, 9.17) is 5.11 Å². The number of carboxylic acids is 1. The van der Waals surface area contributed by atoms with Gasteiger partial charge in [-0.05, 0) is 11.4 Å². The van der Waals surface area contributed by atoms with Gasteiger partial charge in [-0.15, -0.1) is 11.3 Å². The molecule has 7 heteroatoms. The van der Waals surface area contributed by atoms with Crippen LogP contribution >= 0.6 is 11.3 Å². The largest absolute Gasteiger partial charge is 0.477 e. The first-order valence-corrected chi connectivity index (χ1v) is 5.56. The molecule has 2 heterocycles. The van der Waals surface area contributed by atoms with Gasteiger partial charge in [-0.2, -0.15) is 0 Å². The number of nitrogens with zero attached hydrogens (tertiary/aromatic N) is 1. The third-order valence-corrected chi connectivity index (χ3v) is 3.05. The van der Waals surface area contributed by atoms with Crippen LogP contribution in [0.25, 0.3) is 0 Å². The Kier molecular flexibility index (Phi) is 2.92. The number of aromatic nitrogens is 2. The van der Waals surface area contributed by atoms with Gasteiger partial charge in [0.05, 0.1) is 6.54 Å². The van der Waals surface area contributed by atoms with Gasteiger partial charge in [0.2, 0.25) is 0 Å². The van der Waals surface area contributed by atoms with Gasteiger partial charge in [0.1, 0.15) is 5.56 Å². The molecule has 0 unspecified atom stereocenters. The van der Waals surface area contributed by atoms with Gasteiger partial charge in [0, 0.05) is 11.1 Å². The summed E-state index contributed by atoms with van der Waals surface area (Å²) in [5.41, 5.74) is -1.86. The van der Waals surface area contributed by atoms with E-state index in [-0.39, 0.29) is 6.54 Å². The lowest BCUT2D eigenvalue weighted by Crippen LogP contribution is -2.38. The number of H-pyrrole nitrogens is 1. The monoisotopic (exact) mass is 252 g/mol. The Morgan fingerprint density at radius 3 is 2.82 bits per heavy atom. The number of aromatic amines is 1. The first kappa shape index (κ1) is 11.3. The fraction of sp³-hybridized carbons (Fsp3) is 0.100. The number of thiophene rings is 1. The maximum absolute atomic E-state index is 11.7. The smallest absolute Gasteiger partial charge is 0.342 e. The number of nitrogens with one attached hydrogen (secondary N) is 1. The Morgan fingerprint density at radius 1 is 1.47 bits per heavy atom. The van der Waals surface area contributed by atoms with Crippen LogP contribution in [0.1, 0.15) is 15.2 Å². The van der Waals surface area contributed by atoms with Crippen molar-refractivity contribution in [1.82, 2.24) is 9.55 Å². The average Bonchev–Trinajstić information content (AvgIpc) is 2.76. The predicted octanol–water partition coefficient (Wildman–Crippen LogP) is 0.345. The average molecular weight is 252 g/mol. The molecule has 0 atom stereocenters. The molecule has 0 saturated carbocycles. The van der Waals surface area contributed by atoms with Crippen LogP contribution in [0, 0.1) is 0 Å². The zero-order valence-electron chi connectivity index (χ0n) is 8.54. The Hall–Kier alpha value is -2.15. The number of aromatic carboxylic acids is 1. The molecule has 2 aromatic rings. The van der Waals surface area contributed by atoms with E-state index < -0.39 is 22.8 Å². The van der Waals surface area contributed by atoms with E-state index in [0.717, 1.165) is 15.6 Å². The molecule has 0 aliphatic rings. The zero-order chi connectivity index (χ0) is 12.4. The van der Waals surface area contributed by atoms with Crippen LogP contribution in [0.15, 0.2) is 33.3 Å². The fourth-order valence-corrected chi connectivity index (χ4v) is 2.06. The number of carbonyl (C=O) groups is 1. The molecule has 0 aliphatic carbocycles. The van der Waals surface area contributed by atoms with E-state index >= 15 is 0 Å². The summed E-state index contributed by atoms with van der Waals surface area (Å²) in [7, 11) is 0. The number of rotatable bonds is 3. The third kappa shape index (κ3) is 2.18. The highest BCUT2D eigenvalue weighted by Gasteiger charge is 2.13. The van der Waals surface area contributed by atoms with Crippen LogP contribution in [0.4, 0.5) is 0 Å². The summed E-state index contributed by atoms with van der Waals surface area (Å²) in [6.07, 6.45) is 0.915. The van der Waals surface area contributed by atoms with Gasteiger partial charge in [-0.1, -0.05) is 6.07 Å². The van der Waals surface area contributed by atoms with E-state index in [9.17, 15) is 14.4 Å². The van der Waals surface area contributed by atoms with Gasteiger partial charge >= 0.3 is 11.7 Å². The van der Waals surface area contributed by atoms with Crippen molar-refractivity contribution < 1.29 is 9.90 Å². The molecular formula is C10H8N2O4S. The van der Waals surface area contributed by atoms with Gasteiger partial charge in [0.25, 0.3) is 5.56 Å². The molecule has 0 amide bonds. The lowest BCUT2D eigenvalue weighted by Gasteiger charge is -2.03. The SMILES string of the molecule is O=C(O)c1c[nH]c(=O)n(Cc2cccs2)c1=O. The molecule has 2 rings (SSSR count). The predicted molar refractivity (Wildman–Crippen MR) is 61.7 cm³/mol. The molecule has 0 spiro atoms. The quantitative estimate of drug-likeness (QED) is 0.824. The molecule has 17 heavy (non-hydrogen) atoms. The molecule has 6 nitrogen and oxygen atoms in total. The minimum absolute atomic E-state index is 0.0763. The summed E-state index contributed by atoms with van der Waals surface area (Å²) in [5.74, 6) is -1.36. The molecule has 88 valence electrons. The first-order valence-electron chi connectivity index (χ1n) is 4.68. The second-order valence-corrected chi connectivity index (χ2v) is 4.32. The van der Waals surface area contributed by atoms with Crippen molar-refractivity contribution >= 4 is 17.3 Å². The van der Waals surface area contributed by atoms with E-state index in [1.807, 2.05) is 5.38 Å². The standard InChI is InChI=1S/C10H8N2O4S/c13-8-7(9(14)15)4-11-10(16)12(8)5-6-2-1-3-17-6/h1-4H,5H2,(H,11,16)(H,14,15). The highest BCUT2D eigenvalue weighted by Crippen LogP contribution is 2.08. The normalized spacial score (nSPS) is 10.4. The van der Waals surface area contributed by atoms with Crippen molar-refractivity contribution in [2.24, 2.45) is 0 Å². The first-order chi connectivity index (χ1) is 8.09. The number of carboxylic acid groups (broad SMARTS) is 1. The molecule has 0 aliphatic heterocycles. The number of hydrogen-bond acceptors (Lipinski definition) is 4. The molecule has 0 fully saturated rings. The Labute approximate surface area is 98.8 Å². The van der Waals surface area contributed by atoms with Crippen LogP contribution in [0.3, 0.4) is 0 Å².